The Morgan fingerprint density at radius 2 is 2.36 bits per heavy atom. The van der Waals surface area contributed by atoms with Gasteiger partial charge in [-0.15, -0.1) is 0 Å². The van der Waals surface area contributed by atoms with Crippen molar-refractivity contribution in [1.29, 1.82) is 0 Å². The van der Waals surface area contributed by atoms with E-state index in [-0.39, 0.29) is 8.56 Å². The summed E-state index contributed by atoms with van der Waals surface area (Å²) in [6.45, 7) is 2.00. The van der Waals surface area contributed by atoms with E-state index in [1.165, 1.54) is 0 Å². The van der Waals surface area contributed by atoms with Crippen LogP contribution in [0.3, 0.4) is 0 Å². The Labute approximate surface area is 74.4 Å². The standard InChI is InChI=1S/C9H10O2.6H2/c1-2-7-4-3-5-8(6-7)9(10)11;;;;;;/h3-6H,2H2,1H3,(H,10,11);6*1H. The second-order valence-corrected chi connectivity index (χ2v) is 2.36. The highest BCUT2D eigenvalue weighted by atomic mass is 16.4. The van der Waals surface area contributed by atoms with Gasteiger partial charge in [0.15, 0.2) is 0 Å². The predicted molar refractivity (Wildman–Crippen MR) is 55.5 cm³/mol. The van der Waals surface area contributed by atoms with Gasteiger partial charge < -0.3 is 5.11 Å². The lowest BCUT2D eigenvalue weighted by molar-refractivity contribution is 0.0697. The summed E-state index contributed by atoms with van der Waals surface area (Å²) < 4.78 is 0. The van der Waals surface area contributed by atoms with Gasteiger partial charge in [0.2, 0.25) is 0 Å². The summed E-state index contributed by atoms with van der Waals surface area (Å²) in [5.41, 5.74) is 1.43. The van der Waals surface area contributed by atoms with Crippen LogP contribution in [0.1, 0.15) is 31.4 Å². The summed E-state index contributed by atoms with van der Waals surface area (Å²) in [5, 5.41) is 8.60. The van der Waals surface area contributed by atoms with Crippen LogP contribution in [0.5, 0.6) is 0 Å². The SMILES string of the molecule is CCc1cccc(C(=O)O)c1.[HH].[HH].[HH].[HH].[HH].[HH]. The molecular formula is C9H22O2. The molecule has 1 rings (SSSR count). The predicted octanol–water partition coefficient (Wildman–Crippen LogP) is 3.42. The smallest absolute Gasteiger partial charge is 0.335 e. The molecule has 70 valence electrons. The first kappa shape index (κ1) is 7.79. The molecule has 0 aliphatic carbocycles. The van der Waals surface area contributed by atoms with E-state index in [4.69, 9.17) is 5.11 Å². The zero-order valence-electron chi connectivity index (χ0n) is 6.37. The van der Waals surface area contributed by atoms with Crippen molar-refractivity contribution in [2.75, 3.05) is 0 Å². The molecule has 0 radical (unpaired) electrons. The lowest BCUT2D eigenvalue weighted by Crippen LogP contribution is -1.96. The van der Waals surface area contributed by atoms with Crippen LogP contribution in [0.4, 0.5) is 0 Å². The summed E-state index contributed by atoms with van der Waals surface area (Å²) in [5.74, 6) is -0.861. The molecule has 2 heteroatoms. The minimum atomic E-state index is -0.861. The molecule has 1 N–H and O–H groups in total. The van der Waals surface area contributed by atoms with E-state index < -0.39 is 5.97 Å². The molecule has 2 nitrogen and oxygen atoms in total. The molecule has 11 heavy (non-hydrogen) atoms. The van der Waals surface area contributed by atoms with Crippen LogP contribution in [0.15, 0.2) is 24.3 Å². The first-order chi connectivity index (χ1) is 5.24. The fourth-order valence-electron chi connectivity index (χ4n) is 0.924. The fourth-order valence-corrected chi connectivity index (χ4v) is 0.924. The third-order valence-corrected chi connectivity index (χ3v) is 1.58. The molecule has 1 aromatic carbocycles. The molecule has 0 atom stereocenters. The highest BCUT2D eigenvalue weighted by Gasteiger charge is 2.00. The molecule has 0 heterocycles. The van der Waals surface area contributed by atoms with Crippen molar-refractivity contribution in [2.24, 2.45) is 0 Å². The van der Waals surface area contributed by atoms with E-state index in [1.54, 1.807) is 18.2 Å². The molecule has 0 aliphatic rings. The molecule has 0 fully saturated rings. The van der Waals surface area contributed by atoms with Gasteiger partial charge in [0.1, 0.15) is 0 Å². The number of benzene rings is 1. The highest BCUT2D eigenvalue weighted by molar-refractivity contribution is 5.87. The monoisotopic (exact) mass is 162 g/mol. The van der Waals surface area contributed by atoms with Crippen molar-refractivity contribution in [3.8, 4) is 0 Å². The lowest BCUT2D eigenvalue weighted by Gasteiger charge is -1.97. The summed E-state index contributed by atoms with van der Waals surface area (Å²) in [4.78, 5) is 10.5. The van der Waals surface area contributed by atoms with Gasteiger partial charge in [0, 0.05) is 8.56 Å². The van der Waals surface area contributed by atoms with Crippen LogP contribution in [0.25, 0.3) is 0 Å². The number of hydrogen-bond acceptors (Lipinski definition) is 1. The summed E-state index contributed by atoms with van der Waals surface area (Å²) in [6, 6.07) is 6.98. The normalized spacial score (nSPS) is 9.55. The average molecular weight is 162 g/mol. The quantitative estimate of drug-likeness (QED) is 0.723. The number of carboxylic acids is 1. The molecule has 0 unspecified atom stereocenters. The van der Waals surface area contributed by atoms with Crippen LogP contribution in [-0.2, 0) is 6.42 Å². The number of aryl methyl sites for hydroxylation is 1. The van der Waals surface area contributed by atoms with Gasteiger partial charge >= 0.3 is 5.97 Å². The Morgan fingerprint density at radius 1 is 1.64 bits per heavy atom. The molecule has 0 aliphatic heterocycles. The second kappa shape index (κ2) is 3.19. The minimum absolute atomic E-state index is 0. The van der Waals surface area contributed by atoms with Crippen LogP contribution in [0.2, 0.25) is 0 Å². The topological polar surface area (TPSA) is 37.3 Å². The number of rotatable bonds is 2. The number of aromatic carboxylic acids is 1. The maximum Gasteiger partial charge on any atom is 0.335 e. The van der Waals surface area contributed by atoms with Crippen LogP contribution in [-0.4, -0.2) is 11.1 Å². The number of hydrogen-bond donors (Lipinski definition) is 1. The van der Waals surface area contributed by atoms with E-state index in [0.717, 1.165) is 12.0 Å². The van der Waals surface area contributed by atoms with Gasteiger partial charge in [-0.05, 0) is 24.1 Å². The van der Waals surface area contributed by atoms with Gasteiger partial charge in [0.05, 0.1) is 5.56 Å². The number of carbonyl (C=O) groups is 1. The average Bonchev–Trinajstić information content (AvgIpc) is 2.05. The van der Waals surface area contributed by atoms with Crippen LogP contribution in [0, 0.1) is 0 Å². The lowest BCUT2D eigenvalue weighted by atomic mass is 10.1. The van der Waals surface area contributed by atoms with Gasteiger partial charge in [-0.2, -0.15) is 0 Å². The van der Waals surface area contributed by atoms with Crippen molar-refractivity contribution >= 4 is 5.97 Å². The molecular weight excluding hydrogens is 140 g/mol. The maximum absolute atomic E-state index is 10.5. The zero-order chi connectivity index (χ0) is 8.27. The molecule has 0 aromatic heterocycles. The van der Waals surface area contributed by atoms with Gasteiger partial charge in [0.25, 0.3) is 0 Å². The number of carboxylic acid groups (broad SMARTS) is 1. The fraction of sp³-hybridized carbons (Fsp3) is 0.222. The van der Waals surface area contributed by atoms with E-state index >= 15 is 0 Å². The van der Waals surface area contributed by atoms with E-state index in [1.807, 2.05) is 13.0 Å². The Hall–Kier alpha value is -1.31. The molecule has 0 bridgehead atoms. The van der Waals surface area contributed by atoms with E-state index in [9.17, 15) is 4.79 Å². The molecule has 0 spiro atoms. The Kier molecular flexibility index (Phi) is 2.26. The summed E-state index contributed by atoms with van der Waals surface area (Å²) in [7, 11) is 0. The van der Waals surface area contributed by atoms with Crippen molar-refractivity contribution in [1.82, 2.24) is 0 Å². The first-order valence-electron chi connectivity index (χ1n) is 3.56. The van der Waals surface area contributed by atoms with Crippen LogP contribution < -0.4 is 0 Å². The Morgan fingerprint density at radius 3 is 2.91 bits per heavy atom. The molecule has 0 amide bonds. The molecule has 1 aromatic rings. The molecule has 0 saturated heterocycles. The second-order valence-electron chi connectivity index (χ2n) is 2.36. The minimum Gasteiger partial charge on any atom is -0.478 e. The third-order valence-electron chi connectivity index (χ3n) is 1.58. The summed E-state index contributed by atoms with van der Waals surface area (Å²) in [6.07, 6.45) is 0.876. The third kappa shape index (κ3) is 1.80. The van der Waals surface area contributed by atoms with Crippen molar-refractivity contribution in [3.63, 3.8) is 0 Å². The van der Waals surface area contributed by atoms with Gasteiger partial charge in [-0.1, -0.05) is 19.1 Å². The van der Waals surface area contributed by atoms with Crippen LogP contribution >= 0.6 is 0 Å². The van der Waals surface area contributed by atoms with Crippen molar-refractivity contribution in [3.05, 3.63) is 35.4 Å². The van der Waals surface area contributed by atoms with Gasteiger partial charge in [-0.25, -0.2) is 4.79 Å². The zero-order valence-corrected chi connectivity index (χ0v) is 6.37. The van der Waals surface area contributed by atoms with Crippen molar-refractivity contribution < 1.29 is 18.5 Å². The Balaban J connectivity index is -0.0000000504. The van der Waals surface area contributed by atoms with E-state index in [0.29, 0.717) is 5.56 Å². The largest absolute Gasteiger partial charge is 0.478 e. The van der Waals surface area contributed by atoms with E-state index in [2.05, 4.69) is 0 Å². The van der Waals surface area contributed by atoms with Gasteiger partial charge in [-0.3, -0.25) is 0 Å². The first-order valence-corrected chi connectivity index (χ1v) is 3.56. The van der Waals surface area contributed by atoms with Crippen molar-refractivity contribution in [2.45, 2.75) is 13.3 Å². The molecule has 0 saturated carbocycles. The Bertz CT molecular complexity index is 282. The highest BCUT2D eigenvalue weighted by Crippen LogP contribution is 2.05. The summed E-state index contributed by atoms with van der Waals surface area (Å²) >= 11 is 0. The maximum atomic E-state index is 10.5.